The quantitative estimate of drug-likeness (QED) is 0.511. The van der Waals surface area contributed by atoms with Crippen molar-refractivity contribution in [1.82, 2.24) is 0 Å². The van der Waals surface area contributed by atoms with Gasteiger partial charge in [0.15, 0.2) is 6.29 Å². The Balaban J connectivity index is 2.22. The SMILES string of the molecule is CC[C@@H]1CO[C@@H](C)O1. The van der Waals surface area contributed by atoms with Gasteiger partial charge in [-0.05, 0) is 13.3 Å². The monoisotopic (exact) mass is 116 g/mol. The first-order chi connectivity index (χ1) is 3.83. The minimum atomic E-state index is 0.0277. The van der Waals surface area contributed by atoms with Gasteiger partial charge in [0.2, 0.25) is 0 Å². The summed E-state index contributed by atoms with van der Waals surface area (Å²) in [6, 6.07) is 0. The molecule has 1 saturated heterocycles. The van der Waals surface area contributed by atoms with Crippen LogP contribution < -0.4 is 0 Å². The third-order valence-electron chi connectivity index (χ3n) is 1.36. The highest BCUT2D eigenvalue weighted by molar-refractivity contribution is 4.59. The summed E-state index contributed by atoms with van der Waals surface area (Å²) >= 11 is 0. The van der Waals surface area contributed by atoms with Gasteiger partial charge in [-0.1, -0.05) is 6.92 Å². The van der Waals surface area contributed by atoms with Crippen LogP contribution in [0.15, 0.2) is 0 Å². The van der Waals surface area contributed by atoms with Crippen molar-refractivity contribution >= 4 is 0 Å². The van der Waals surface area contributed by atoms with Crippen LogP contribution in [0, 0.1) is 0 Å². The second kappa shape index (κ2) is 2.46. The van der Waals surface area contributed by atoms with Gasteiger partial charge in [-0.25, -0.2) is 0 Å². The minimum absolute atomic E-state index is 0.0277. The molecule has 1 fully saturated rings. The van der Waals surface area contributed by atoms with Crippen molar-refractivity contribution in [2.45, 2.75) is 32.7 Å². The molecule has 0 radical (unpaired) electrons. The molecule has 1 aliphatic rings. The zero-order valence-electron chi connectivity index (χ0n) is 5.39. The maximum absolute atomic E-state index is 5.29. The van der Waals surface area contributed by atoms with Crippen LogP contribution in [0.2, 0.25) is 0 Å². The Labute approximate surface area is 49.8 Å². The summed E-state index contributed by atoms with van der Waals surface area (Å²) in [6.45, 7) is 4.80. The maximum atomic E-state index is 5.29. The van der Waals surface area contributed by atoms with E-state index >= 15 is 0 Å². The molecule has 2 nitrogen and oxygen atoms in total. The zero-order valence-corrected chi connectivity index (χ0v) is 5.39. The summed E-state index contributed by atoms with van der Waals surface area (Å²) in [6.07, 6.45) is 1.44. The molecule has 0 aromatic rings. The average molecular weight is 116 g/mol. The van der Waals surface area contributed by atoms with E-state index in [1.165, 1.54) is 0 Å². The molecule has 0 bridgehead atoms. The molecule has 1 heterocycles. The fraction of sp³-hybridized carbons (Fsp3) is 1.00. The van der Waals surface area contributed by atoms with Crippen LogP contribution in [0.1, 0.15) is 20.3 Å². The fourth-order valence-electron chi connectivity index (χ4n) is 0.806. The first-order valence-electron chi connectivity index (χ1n) is 3.10. The summed E-state index contributed by atoms with van der Waals surface area (Å²) in [4.78, 5) is 0. The summed E-state index contributed by atoms with van der Waals surface area (Å²) in [5.74, 6) is 0. The van der Waals surface area contributed by atoms with Crippen LogP contribution in [0.25, 0.3) is 0 Å². The minimum Gasteiger partial charge on any atom is -0.350 e. The molecule has 1 aliphatic heterocycles. The highest BCUT2D eigenvalue weighted by Crippen LogP contribution is 2.12. The van der Waals surface area contributed by atoms with Crippen molar-refractivity contribution in [3.05, 3.63) is 0 Å². The van der Waals surface area contributed by atoms with Crippen LogP contribution in [0.5, 0.6) is 0 Å². The largest absolute Gasteiger partial charge is 0.350 e. The van der Waals surface area contributed by atoms with E-state index in [2.05, 4.69) is 6.92 Å². The highest BCUT2D eigenvalue weighted by Gasteiger charge is 2.19. The van der Waals surface area contributed by atoms with Crippen molar-refractivity contribution in [3.8, 4) is 0 Å². The van der Waals surface area contributed by atoms with E-state index in [1.807, 2.05) is 6.92 Å². The first-order valence-corrected chi connectivity index (χ1v) is 3.10. The highest BCUT2D eigenvalue weighted by atomic mass is 16.7. The molecule has 1 rings (SSSR count). The van der Waals surface area contributed by atoms with E-state index in [0.29, 0.717) is 6.10 Å². The van der Waals surface area contributed by atoms with E-state index < -0.39 is 0 Å². The lowest BCUT2D eigenvalue weighted by Crippen LogP contribution is -2.07. The van der Waals surface area contributed by atoms with Gasteiger partial charge >= 0.3 is 0 Å². The van der Waals surface area contributed by atoms with Gasteiger partial charge in [0, 0.05) is 0 Å². The Morgan fingerprint density at radius 3 is 2.62 bits per heavy atom. The summed E-state index contributed by atoms with van der Waals surface area (Å²) in [5, 5.41) is 0. The number of ether oxygens (including phenoxy) is 2. The van der Waals surface area contributed by atoms with Crippen molar-refractivity contribution in [2.75, 3.05) is 6.61 Å². The van der Waals surface area contributed by atoms with Crippen molar-refractivity contribution < 1.29 is 9.47 Å². The smallest absolute Gasteiger partial charge is 0.155 e. The summed E-state index contributed by atoms with van der Waals surface area (Å²) in [7, 11) is 0. The molecule has 0 saturated carbocycles. The lowest BCUT2D eigenvalue weighted by atomic mass is 10.3. The summed E-state index contributed by atoms with van der Waals surface area (Å²) < 4.78 is 10.4. The molecular weight excluding hydrogens is 104 g/mol. The van der Waals surface area contributed by atoms with E-state index in [4.69, 9.17) is 9.47 Å². The predicted molar refractivity (Wildman–Crippen MR) is 30.6 cm³/mol. The Morgan fingerprint density at radius 2 is 2.38 bits per heavy atom. The van der Waals surface area contributed by atoms with E-state index in [0.717, 1.165) is 13.0 Å². The summed E-state index contributed by atoms with van der Waals surface area (Å²) in [5.41, 5.74) is 0. The van der Waals surface area contributed by atoms with Gasteiger partial charge in [-0.3, -0.25) is 0 Å². The van der Waals surface area contributed by atoms with E-state index in [1.54, 1.807) is 0 Å². The normalized spacial score (nSPS) is 38.2. The molecule has 0 spiro atoms. The third-order valence-corrected chi connectivity index (χ3v) is 1.36. The molecule has 0 unspecified atom stereocenters. The molecule has 0 amide bonds. The predicted octanol–water partition coefficient (Wildman–Crippen LogP) is 1.16. The standard InChI is InChI=1S/C6H12O2/c1-3-6-4-7-5(2)8-6/h5-6H,3-4H2,1-2H3/t5-,6-/m1/s1. The molecule has 0 aromatic carbocycles. The van der Waals surface area contributed by atoms with Crippen molar-refractivity contribution in [2.24, 2.45) is 0 Å². The van der Waals surface area contributed by atoms with Crippen molar-refractivity contribution in [3.63, 3.8) is 0 Å². The fourth-order valence-corrected chi connectivity index (χ4v) is 0.806. The van der Waals surface area contributed by atoms with Crippen LogP contribution >= 0.6 is 0 Å². The lowest BCUT2D eigenvalue weighted by Gasteiger charge is -2.02. The Hall–Kier alpha value is -0.0800. The van der Waals surface area contributed by atoms with Gasteiger partial charge in [0.1, 0.15) is 0 Å². The molecule has 0 N–H and O–H groups in total. The molecule has 0 aliphatic carbocycles. The average Bonchev–Trinajstić information content (AvgIpc) is 2.14. The molecule has 2 heteroatoms. The lowest BCUT2D eigenvalue weighted by molar-refractivity contribution is -0.0424. The van der Waals surface area contributed by atoms with Gasteiger partial charge in [-0.2, -0.15) is 0 Å². The van der Waals surface area contributed by atoms with Crippen LogP contribution in [0.4, 0.5) is 0 Å². The second-order valence-electron chi connectivity index (χ2n) is 2.07. The maximum Gasteiger partial charge on any atom is 0.155 e. The van der Waals surface area contributed by atoms with E-state index in [-0.39, 0.29) is 6.29 Å². The third kappa shape index (κ3) is 1.20. The number of rotatable bonds is 1. The van der Waals surface area contributed by atoms with Crippen LogP contribution in [-0.4, -0.2) is 19.0 Å². The Kier molecular flexibility index (Phi) is 1.86. The molecule has 2 atom stereocenters. The number of hydrogen-bond acceptors (Lipinski definition) is 2. The molecular formula is C6H12O2. The van der Waals surface area contributed by atoms with Crippen molar-refractivity contribution in [1.29, 1.82) is 0 Å². The van der Waals surface area contributed by atoms with Crippen LogP contribution in [0.3, 0.4) is 0 Å². The van der Waals surface area contributed by atoms with E-state index in [9.17, 15) is 0 Å². The molecule has 0 aromatic heterocycles. The topological polar surface area (TPSA) is 18.5 Å². The van der Waals surface area contributed by atoms with Gasteiger partial charge in [-0.15, -0.1) is 0 Å². The Morgan fingerprint density at radius 1 is 1.62 bits per heavy atom. The van der Waals surface area contributed by atoms with Gasteiger partial charge in [0.05, 0.1) is 12.7 Å². The molecule has 8 heavy (non-hydrogen) atoms. The zero-order chi connectivity index (χ0) is 5.98. The van der Waals surface area contributed by atoms with Gasteiger partial charge < -0.3 is 9.47 Å². The molecule has 48 valence electrons. The number of hydrogen-bond donors (Lipinski definition) is 0. The Bertz CT molecular complexity index is 72.9. The second-order valence-corrected chi connectivity index (χ2v) is 2.07. The first kappa shape index (κ1) is 6.05. The van der Waals surface area contributed by atoms with Gasteiger partial charge in [0.25, 0.3) is 0 Å². The van der Waals surface area contributed by atoms with Crippen LogP contribution in [-0.2, 0) is 9.47 Å².